The number of hydrogen-bond donors (Lipinski definition) is 1. The average Bonchev–Trinajstić information content (AvgIpc) is 2.98. The van der Waals surface area contributed by atoms with Crippen molar-refractivity contribution in [2.24, 2.45) is 0 Å². The second-order valence-corrected chi connectivity index (χ2v) is 5.71. The van der Waals surface area contributed by atoms with E-state index in [4.69, 9.17) is 9.47 Å². The van der Waals surface area contributed by atoms with Crippen molar-refractivity contribution in [2.45, 2.75) is 51.5 Å². The third-order valence-corrected chi connectivity index (χ3v) is 4.40. The Kier molecular flexibility index (Phi) is 5.30. The zero-order chi connectivity index (χ0) is 14.5. The van der Waals surface area contributed by atoms with Gasteiger partial charge in [0.2, 0.25) is 0 Å². The van der Waals surface area contributed by atoms with Gasteiger partial charge in [-0.25, -0.2) is 0 Å². The minimum atomic E-state index is 0.484. The molecule has 1 aromatic carbocycles. The van der Waals surface area contributed by atoms with Crippen LogP contribution in [0.1, 0.15) is 50.2 Å². The van der Waals surface area contributed by atoms with E-state index in [9.17, 15) is 0 Å². The molecule has 1 aromatic rings. The number of hydrogen-bond acceptors (Lipinski definition) is 3. The molecule has 1 heterocycles. The fraction of sp³-hybridized carbons (Fsp3) is 0.647. The first-order valence-electron chi connectivity index (χ1n) is 7.67. The zero-order valence-corrected chi connectivity index (χ0v) is 13.2. The summed E-state index contributed by atoms with van der Waals surface area (Å²) in [6.45, 7) is 5.57. The number of nitrogens with one attached hydrogen (secondary N) is 1. The van der Waals surface area contributed by atoms with E-state index in [0.717, 1.165) is 30.9 Å². The van der Waals surface area contributed by atoms with Crippen LogP contribution in [0.15, 0.2) is 12.1 Å². The minimum absolute atomic E-state index is 0.484. The molecule has 112 valence electrons. The topological polar surface area (TPSA) is 30.5 Å². The smallest absolute Gasteiger partial charge is 0.122 e. The SMILES string of the molecule is CCC(C)c1cc(OC)c(CC2CCCN2)cc1OC. The van der Waals surface area contributed by atoms with E-state index in [-0.39, 0.29) is 0 Å². The van der Waals surface area contributed by atoms with Crippen LogP contribution >= 0.6 is 0 Å². The van der Waals surface area contributed by atoms with Gasteiger partial charge in [-0.3, -0.25) is 0 Å². The molecule has 0 amide bonds. The molecule has 1 fully saturated rings. The molecular weight excluding hydrogens is 250 g/mol. The first-order valence-corrected chi connectivity index (χ1v) is 7.67. The van der Waals surface area contributed by atoms with Crippen molar-refractivity contribution >= 4 is 0 Å². The molecule has 0 saturated carbocycles. The molecule has 1 N–H and O–H groups in total. The Hall–Kier alpha value is -1.22. The summed E-state index contributed by atoms with van der Waals surface area (Å²) in [6.07, 6.45) is 4.64. The summed E-state index contributed by atoms with van der Waals surface area (Å²) < 4.78 is 11.2. The highest BCUT2D eigenvalue weighted by Crippen LogP contribution is 2.35. The lowest BCUT2D eigenvalue weighted by atomic mass is 9.93. The third-order valence-electron chi connectivity index (χ3n) is 4.40. The van der Waals surface area contributed by atoms with Crippen molar-refractivity contribution in [2.75, 3.05) is 20.8 Å². The Morgan fingerprint density at radius 2 is 2.00 bits per heavy atom. The summed E-state index contributed by atoms with van der Waals surface area (Å²) in [4.78, 5) is 0. The number of methoxy groups -OCH3 is 2. The molecule has 2 unspecified atom stereocenters. The van der Waals surface area contributed by atoms with Crippen LogP contribution < -0.4 is 14.8 Å². The minimum Gasteiger partial charge on any atom is -0.496 e. The summed E-state index contributed by atoms with van der Waals surface area (Å²) >= 11 is 0. The summed E-state index contributed by atoms with van der Waals surface area (Å²) in [5, 5.41) is 3.55. The van der Waals surface area contributed by atoms with Gasteiger partial charge in [0.15, 0.2) is 0 Å². The van der Waals surface area contributed by atoms with Gasteiger partial charge in [-0.1, -0.05) is 13.8 Å². The zero-order valence-electron chi connectivity index (χ0n) is 13.2. The molecule has 0 aliphatic carbocycles. The molecule has 1 aliphatic heterocycles. The van der Waals surface area contributed by atoms with Crippen LogP contribution in [0.25, 0.3) is 0 Å². The number of ether oxygens (including phenoxy) is 2. The maximum Gasteiger partial charge on any atom is 0.122 e. The predicted octanol–water partition coefficient (Wildman–Crippen LogP) is 3.51. The maximum atomic E-state index is 5.61. The fourth-order valence-electron chi connectivity index (χ4n) is 2.95. The highest BCUT2D eigenvalue weighted by atomic mass is 16.5. The van der Waals surface area contributed by atoms with Crippen molar-refractivity contribution in [1.29, 1.82) is 0 Å². The van der Waals surface area contributed by atoms with Crippen LogP contribution in [0.5, 0.6) is 11.5 Å². The van der Waals surface area contributed by atoms with Crippen LogP contribution in [0, 0.1) is 0 Å². The fourth-order valence-corrected chi connectivity index (χ4v) is 2.95. The van der Waals surface area contributed by atoms with E-state index in [1.54, 1.807) is 14.2 Å². The van der Waals surface area contributed by atoms with Gasteiger partial charge in [0.25, 0.3) is 0 Å². The normalized spacial score (nSPS) is 19.9. The summed E-state index contributed by atoms with van der Waals surface area (Å²) in [6, 6.07) is 4.90. The van der Waals surface area contributed by atoms with Crippen LogP contribution in [0.3, 0.4) is 0 Å². The molecule has 0 radical (unpaired) electrons. The Morgan fingerprint density at radius 1 is 1.25 bits per heavy atom. The predicted molar refractivity (Wildman–Crippen MR) is 83.0 cm³/mol. The second kappa shape index (κ2) is 6.98. The van der Waals surface area contributed by atoms with E-state index < -0.39 is 0 Å². The average molecular weight is 277 g/mol. The summed E-state index contributed by atoms with van der Waals surface area (Å²) in [5.41, 5.74) is 2.49. The van der Waals surface area contributed by atoms with Gasteiger partial charge in [-0.2, -0.15) is 0 Å². The molecule has 3 nitrogen and oxygen atoms in total. The molecule has 1 saturated heterocycles. The highest BCUT2D eigenvalue weighted by Gasteiger charge is 2.20. The van der Waals surface area contributed by atoms with E-state index in [1.165, 1.54) is 24.0 Å². The molecular formula is C17H27NO2. The first-order chi connectivity index (χ1) is 9.69. The van der Waals surface area contributed by atoms with E-state index in [0.29, 0.717) is 12.0 Å². The van der Waals surface area contributed by atoms with E-state index in [2.05, 4.69) is 31.3 Å². The summed E-state index contributed by atoms with van der Waals surface area (Å²) in [7, 11) is 3.51. The molecule has 1 aliphatic rings. The number of rotatable bonds is 6. The molecule has 20 heavy (non-hydrogen) atoms. The quantitative estimate of drug-likeness (QED) is 0.863. The highest BCUT2D eigenvalue weighted by molar-refractivity contribution is 5.48. The Balaban J connectivity index is 2.30. The van der Waals surface area contributed by atoms with Crippen LogP contribution in [-0.2, 0) is 6.42 Å². The van der Waals surface area contributed by atoms with Gasteiger partial charge in [0.05, 0.1) is 14.2 Å². The Labute approximate surface area is 122 Å². The lowest BCUT2D eigenvalue weighted by molar-refractivity contribution is 0.389. The van der Waals surface area contributed by atoms with Gasteiger partial charge < -0.3 is 14.8 Å². The van der Waals surface area contributed by atoms with Crippen molar-refractivity contribution in [3.8, 4) is 11.5 Å². The van der Waals surface area contributed by atoms with E-state index >= 15 is 0 Å². The van der Waals surface area contributed by atoms with Gasteiger partial charge in [-0.05, 0) is 55.8 Å². The molecule has 0 bridgehead atoms. The molecule has 0 spiro atoms. The Bertz CT molecular complexity index is 439. The van der Waals surface area contributed by atoms with Crippen molar-refractivity contribution in [3.63, 3.8) is 0 Å². The van der Waals surface area contributed by atoms with Crippen molar-refractivity contribution < 1.29 is 9.47 Å². The monoisotopic (exact) mass is 277 g/mol. The first kappa shape index (κ1) is 15.2. The van der Waals surface area contributed by atoms with Crippen LogP contribution in [0.4, 0.5) is 0 Å². The lowest BCUT2D eigenvalue weighted by Crippen LogP contribution is -2.24. The summed E-state index contributed by atoms with van der Waals surface area (Å²) in [5.74, 6) is 2.47. The molecule has 2 rings (SSSR count). The third kappa shape index (κ3) is 3.26. The number of benzene rings is 1. The molecule has 3 heteroatoms. The van der Waals surface area contributed by atoms with Crippen LogP contribution in [-0.4, -0.2) is 26.8 Å². The molecule has 0 aromatic heterocycles. The van der Waals surface area contributed by atoms with Crippen molar-refractivity contribution in [1.82, 2.24) is 5.32 Å². The van der Waals surface area contributed by atoms with Crippen LogP contribution in [0.2, 0.25) is 0 Å². The van der Waals surface area contributed by atoms with Gasteiger partial charge in [0.1, 0.15) is 11.5 Å². The largest absolute Gasteiger partial charge is 0.496 e. The van der Waals surface area contributed by atoms with E-state index in [1.807, 2.05) is 0 Å². The van der Waals surface area contributed by atoms with Gasteiger partial charge in [0, 0.05) is 11.6 Å². The second-order valence-electron chi connectivity index (χ2n) is 5.71. The van der Waals surface area contributed by atoms with Crippen molar-refractivity contribution in [3.05, 3.63) is 23.3 Å². The standard InChI is InChI=1S/C17H27NO2/c1-5-12(2)15-11-16(19-3)13(10-17(15)20-4)9-14-7-6-8-18-14/h10-12,14,18H,5-9H2,1-4H3. The maximum absolute atomic E-state index is 5.61. The Morgan fingerprint density at radius 3 is 2.55 bits per heavy atom. The van der Waals surface area contributed by atoms with Gasteiger partial charge >= 0.3 is 0 Å². The molecule has 2 atom stereocenters. The van der Waals surface area contributed by atoms with Gasteiger partial charge in [-0.15, -0.1) is 0 Å². The lowest BCUT2D eigenvalue weighted by Gasteiger charge is -2.20.